The molecule has 0 saturated carbocycles. The highest BCUT2D eigenvalue weighted by Crippen LogP contribution is 2.26. The Hall–Kier alpha value is -0.0200. The van der Waals surface area contributed by atoms with Crippen LogP contribution in [-0.4, -0.2) is 0 Å². The highest BCUT2D eigenvalue weighted by Gasteiger charge is 2.15. The lowest BCUT2D eigenvalue weighted by molar-refractivity contribution is 0.671. The van der Waals surface area contributed by atoms with Crippen molar-refractivity contribution < 1.29 is 0 Å². The fraction of sp³-hybridized carbons (Fsp3) is 0.273. The van der Waals surface area contributed by atoms with E-state index in [1.54, 1.807) is 0 Å². The van der Waals surface area contributed by atoms with Crippen LogP contribution in [0.15, 0.2) is 34.4 Å². The van der Waals surface area contributed by atoms with Gasteiger partial charge in [0.05, 0.1) is 0 Å². The largest absolute Gasteiger partial charge is 0.0843 e. The van der Waals surface area contributed by atoms with E-state index in [1.807, 2.05) is 16.2 Å². The quantitative estimate of drug-likeness (QED) is 0.702. The predicted octanol–water partition coefficient (Wildman–Crippen LogP) is 4.57. The molecule has 0 saturated heterocycles. The number of hydrogen-bond donors (Lipinski definition) is 0. The maximum absolute atomic E-state index is 5.82. The van der Waals surface area contributed by atoms with E-state index in [0.29, 0.717) is 0 Å². The van der Waals surface area contributed by atoms with Gasteiger partial charge < -0.3 is 0 Å². The third-order valence-electron chi connectivity index (χ3n) is 2.07. The first-order chi connectivity index (χ1) is 6.06. The summed E-state index contributed by atoms with van der Waals surface area (Å²) in [6.07, 6.45) is 2.18. The predicted molar refractivity (Wildman–Crippen MR) is 67.6 cm³/mol. The highest BCUT2D eigenvalue weighted by atomic mass is 127. The van der Waals surface area contributed by atoms with E-state index in [9.17, 15) is 0 Å². The monoisotopic (exact) mass is 306 g/mol. The first-order valence-corrected chi connectivity index (χ1v) is 5.72. The van der Waals surface area contributed by atoms with Crippen molar-refractivity contribution in [2.24, 2.45) is 0 Å². The molecule has 0 aromatic heterocycles. The van der Waals surface area contributed by atoms with Crippen molar-refractivity contribution in [3.63, 3.8) is 0 Å². The Morgan fingerprint density at radius 1 is 1.23 bits per heavy atom. The molecule has 0 spiro atoms. The molecule has 0 atom stereocenters. The minimum Gasteiger partial charge on any atom is -0.0843 e. The van der Waals surface area contributed by atoms with Crippen molar-refractivity contribution in [1.29, 1.82) is 0 Å². The summed E-state index contributed by atoms with van der Waals surface area (Å²) < 4.78 is 2.05. The Kier molecular flexibility index (Phi) is 3.80. The standard InChI is InChI=1S/C11H12ClI/c1-11(2,7-8-13)9-3-5-10(12)6-4-9/h3-8H,1-2H3/b8-7-. The number of rotatable bonds is 2. The van der Waals surface area contributed by atoms with Gasteiger partial charge in [-0.2, -0.15) is 0 Å². The first kappa shape index (κ1) is 11.1. The minimum atomic E-state index is 0.0891. The van der Waals surface area contributed by atoms with Gasteiger partial charge in [0.15, 0.2) is 0 Å². The Labute approximate surface area is 98.1 Å². The molecule has 0 unspecified atom stereocenters. The zero-order valence-electron chi connectivity index (χ0n) is 7.72. The molecule has 0 fully saturated rings. The summed E-state index contributed by atoms with van der Waals surface area (Å²) in [5.74, 6) is 0. The molecular formula is C11H12ClI. The van der Waals surface area contributed by atoms with Crippen molar-refractivity contribution in [2.45, 2.75) is 19.3 Å². The number of allylic oxidation sites excluding steroid dienone is 1. The van der Waals surface area contributed by atoms with Crippen molar-refractivity contribution in [3.05, 3.63) is 45.0 Å². The molecule has 0 aliphatic carbocycles. The molecule has 1 aromatic rings. The lowest BCUT2D eigenvalue weighted by Gasteiger charge is -2.20. The Bertz CT molecular complexity index is 298. The topological polar surface area (TPSA) is 0 Å². The molecule has 0 bridgehead atoms. The summed E-state index contributed by atoms with van der Waals surface area (Å²) >= 11 is 8.06. The number of benzene rings is 1. The van der Waals surface area contributed by atoms with Gasteiger partial charge in [-0.25, -0.2) is 0 Å². The molecule has 1 rings (SSSR count). The van der Waals surface area contributed by atoms with Gasteiger partial charge >= 0.3 is 0 Å². The van der Waals surface area contributed by atoms with Gasteiger partial charge in [0.1, 0.15) is 0 Å². The fourth-order valence-electron chi connectivity index (χ4n) is 1.13. The van der Waals surface area contributed by atoms with Crippen LogP contribution in [0.5, 0.6) is 0 Å². The van der Waals surface area contributed by atoms with E-state index < -0.39 is 0 Å². The van der Waals surface area contributed by atoms with Gasteiger partial charge in [-0.05, 0) is 21.8 Å². The van der Waals surface area contributed by atoms with Crippen LogP contribution in [0, 0.1) is 0 Å². The van der Waals surface area contributed by atoms with E-state index in [-0.39, 0.29) is 5.41 Å². The molecule has 0 aliphatic rings. The highest BCUT2D eigenvalue weighted by molar-refractivity contribution is 14.1. The van der Waals surface area contributed by atoms with Crippen molar-refractivity contribution in [2.75, 3.05) is 0 Å². The van der Waals surface area contributed by atoms with Gasteiger partial charge in [0, 0.05) is 10.4 Å². The van der Waals surface area contributed by atoms with Gasteiger partial charge in [-0.1, -0.05) is 66.2 Å². The lowest BCUT2D eigenvalue weighted by atomic mass is 9.85. The van der Waals surface area contributed by atoms with Gasteiger partial charge in [0.25, 0.3) is 0 Å². The van der Waals surface area contributed by atoms with Crippen LogP contribution in [0.2, 0.25) is 5.02 Å². The number of halogens is 2. The van der Waals surface area contributed by atoms with Gasteiger partial charge in [-0.15, -0.1) is 0 Å². The lowest BCUT2D eigenvalue weighted by Crippen LogP contribution is -2.12. The summed E-state index contributed by atoms with van der Waals surface area (Å²) in [6.45, 7) is 4.37. The molecule has 13 heavy (non-hydrogen) atoms. The van der Waals surface area contributed by atoms with E-state index in [1.165, 1.54) is 5.56 Å². The Morgan fingerprint density at radius 2 is 1.77 bits per heavy atom. The van der Waals surface area contributed by atoms with Crippen LogP contribution in [0.3, 0.4) is 0 Å². The van der Waals surface area contributed by atoms with Gasteiger partial charge in [-0.3, -0.25) is 0 Å². The fourth-order valence-corrected chi connectivity index (χ4v) is 2.16. The smallest absolute Gasteiger partial charge is 0.0406 e. The molecule has 0 radical (unpaired) electrons. The van der Waals surface area contributed by atoms with E-state index in [0.717, 1.165) is 5.02 Å². The third kappa shape index (κ3) is 2.99. The normalized spacial score (nSPS) is 12.3. The SMILES string of the molecule is CC(C)(/C=C\I)c1ccc(Cl)cc1. The molecular weight excluding hydrogens is 294 g/mol. The molecule has 0 N–H and O–H groups in total. The summed E-state index contributed by atoms with van der Waals surface area (Å²) in [6, 6.07) is 8.00. The summed E-state index contributed by atoms with van der Waals surface area (Å²) in [5.41, 5.74) is 1.37. The number of hydrogen-bond acceptors (Lipinski definition) is 0. The molecule has 1 aromatic carbocycles. The van der Waals surface area contributed by atoms with E-state index in [2.05, 4.69) is 54.6 Å². The van der Waals surface area contributed by atoms with E-state index in [4.69, 9.17) is 11.6 Å². The van der Waals surface area contributed by atoms with Gasteiger partial charge in [0.2, 0.25) is 0 Å². The van der Waals surface area contributed by atoms with Crippen LogP contribution in [0.1, 0.15) is 19.4 Å². The maximum atomic E-state index is 5.82. The van der Waals surface area contributed by atoms with Crippen LogP contribution in [0.25, 0.3) is 0 Å². The molecule has 0 amide bonds. The summed E-state index contributed by atoms with van der Waals surface area (Å²) in [7, 11) is 0. The third-order valence-corrected chi connectivity index (χ3v) is 2.68. The summed E-state index contributed by atoms with van der Waals surface area (Å²) in [4.78, 5) is 0. The average Bonchev–Trinajstić information content (AvgIpc) is 2.05. The Balaban J connectivity index is 3.00. The molecule has 70 valence electrons. The van der Waals surface area contributed by atoms with Crippen LogP contribution in [0.4, 0.5) is 0 Å². The van der Waals surface area contributed by atoms with E-state index >= 15 is 0 Å². The first-order valence-electron chi connectivity index (χ1n) is 4.10. The Morgan fingerprint density at radius 3 is 2.23 bits per heavy atom. The van der Waals surface area contributed by atoms with Crippen LogP contribution < -0.4 is 0 Å². The molecule has 0 aliphatic heterocycles. The second-order valence-corrected chi connectivity index (χ2v) is 4.68. The minimum absolute atomic E-state index is 0.0891. The molecule has 0 nitrogen and oxygen atoms in total. The molecule has 0 heterocycles. The van der Waals surface area contributed by atoms with Crippen molar-refractivity contribution >= 4 is 34.2 Å². The van der Waals surface area contributed by atoms with Crippen molar-refractivity contribution in [1.82, 2.24) is 0 Å². The van der Waals surface area contributed by atoms with Crippen molar-refractivity contribution in [3.8, 4) is 0 Å². The average molecular weight is 307 g/mol. The zero-order valence-corrected chi connectivity index (χ0v) is 10.6. The second kappa shape index (κ2) is 4.47. The zero-order chi connectivity index (χ0) is 9.90. The molecule has 2 heteroatoms. The summed E-state index contributed by atoms with van der Waals surface area (Å²) in [5, 5.41) is 0.790. The van der Waals surface area contributed by atoms with Crippen LogP contribution >= 0.6 is 34.2 Å². The maximum Gasteiger partial charge on any atom is 0.0406 e. The van der Waals surface area contributed by atoms with Crippen LogP contribution in [-0.2, 0) is 5.41 Å². The second-order valence-electron chi connectivity index (χ2n) is 3.52.